The summed E-state index contributed by atoms with van der Waals surface area (Å²) in [6, 6.07) is 35.1. The number of anilines is 2. The first-order valence-corrected chi connectivity index (χ1v) is 15.6. The molecule has 0 radical (unpaired) electrons. The van der Waals surface area contributed by atoms with Crippen molar-refractivity contribution in [2.75, 3.05) is 42.4 Å². The summed E-state index contributed by atoms with van der Waals surface area (Å²) in [5.41, 5.74) is 3.82. The van der Waals surface area contributed by atoms with Crippen LogP contribution < -0.4 is 14.4 Å². The number of nitrogens with zero attached hydrogens (tertiary/aromatic N) is 4. The monoisotopic (exact) mass is 579 g/mol. The van der Waals surface area contributed by atoms with E-state index >= 15 is 0 Å². The van der Waals surface area contributed by atoms with Crippen LogP contribution in [0.25, 0.3) is 11.0 Å². The number of rotatable bonds is 9. The lowest BCUT2D eigenvalue weighted by Crippen LogP contribution is -2.48. The Kier molecular flexibility index (Phi) is 8.03. The molecule has 1 fully saturated rings. The number of nitrogens with one attached hydrogen (secondary N) is 1. The number of aromatic nitrogens is 2. The molecule has 0 aliphatic carbocycles. The maximum absolute atomic E-state index is 13.5. The molecule has 0 saturated carbocycles. The first kappa shape index (κ1) is 27.7. The van der Waals surface area contributed by atoms with Crippen molar-refractivity contribution in [3.8, 4) is 5.75 Å². The summed E-state index contributed by atoms with van der Waals surface area (Å²) < 4.78 is 35.1. The summed E-state index contributed by atoms with van der Waals surface area (Å²) in [6.07, 6.45) is 0. The van der Waals surface area contributed by atoms with E-state index in [1.54, 1.807) is 12.1 Å². The molecule has 0 spiro atoms. The van der Waals surface area contributed by atoms with Gasteiger partial charge < -0.3 is 9.64 Å². The van der Waals surface area contributed by atoms with Crippen molar-refractivity contribution in [3.63, 3.8) is 0 Å². The van der Waals surface area contributed by atoms with Gasteiger partial charge in [0.05, 0.1) is 28.6 Å². The van der Waals surface area contributed by atoms with Crippen LogP contribution >= 0.6 is 0 Å². The number of sulfonamides is 1. The van der Waals surface area contributed by atoms with Gasteiger partial charge in [0, 0.05) is 26.2 Å². The van der Waals surface area contributed by atoms with Crippen LogP contribution in [0.5, 0.6) is 5.75 Å². The molecule has 1 aliphatic rings. The standard InChI is InChI=1S/C33H33N5O3S/c1-2-41-27-17-19-28(20-18-27)42(39,40)36-32-33(35-30-16-10-9-15-29(30)34-32)38-23-21-37(22-24-38)31(25-11-5-3-6-12-25)26-13-7-4-8-14-26/h3-20,31H,2,21-24H2,1H3,(H,34,36). The van der Waals surface area contributed by atoms with Gasteiger partial charge >= 0.3 is 0 Å². The molecule has 214 valence electrons. The van der Waals surface area contributed by atoms with Gasteiger partial charge in [0.2, 0.25) is 0 Å². The first-order valence-electron chi connectivity index (χ1n) is 14.1. The van der Waals surface area contributed by atoms with Gasteiger partial charge in [-0.25, -0.2) is 18.4 Å². The average molecular weight is 580 g/mol. The highest BCUT2D eigenvalue weighted by atomic mass is 32.2. The van der Waals surface area contributed by atoms with Crippen LogP contribution in [-0.2, 0) is 10.0 Å². The normalized spacial score (nSPS) is 14.3. The van der Waals surface area contributed by atoms with E-state index in [1.807, 2.05) is 43.3 Å². The van der Waals surface area contributed by atoms with Gasteiger partial charge in [0.1, 0.15) is 5.75 Å². The van der Waals surface area contributed by atoms with Gasteiger partial charge in [0.15, 0.2) is 11.6 Å². The molecule has 0 unspecified atom stereocenters. The molecule has 0 atom stereocenters. The zero-order valence-electron chi connectivity index (χ0n) is 23.4. The fourth-order valence-corrected chi connectivity index (χ4v) is 6.43. The Morgan fingerprint density at radius 3 is 1.86 bits per heavy atom. The molecule has 1 aromatic heterocycles. The van der Waals surface area contributed by atoms with Gasteiger partial charge in [-0.15, -0.1) is 0 Å². The number of fused-ring (bicyclic) bond motifs is 1. The average Bonchev–Trinajstić information content (AvgIpc) is 3.03. The maximum Gasteiger partial charge on any atom is 0.263 e. The van der Waals surface area contributed by atoms with Gasteiger partial charge in [-0.3, -0.25) is 9.62 Å². The van der Waals surface area contributed by atoms with Crippen LogP contribution in [-0.4, -0.2) is 56.1 Å². The molecule has 9 heteroatoms. The van der Waals surface area contributed by atoms with Crippen LogP contribution in [0.3, 0.4) is 0 Å². The molecule has 0 amide bonds. The number of para-hydroxylation sites is 2. The highest BCUT2D eigenvalue weighted by Crippen LogP contribution is 2.32. The summed E-state index contributed by atoms with van der Waals surface area (Å²) >= 11 is 0. The Balaban J connectivity index is 1.28. The van der Waals surface area contributed by atoms with Crippen molar-refractivity contribution >= 4 is 32.7 Å². The smallest absolute Gasteiger partial charge is 0.263 e. The van der Waals surface area contributed by atoms with E-state index in [2.05, 4.69) is 63.1 Å². The highest BCUT2D eigenvalue weighted by molar-refractivity contribution is 7.92. The molecule has 2 heterocycles. The zero-order valence-corrected chi connectivity index (χ0v) is 24.2. The molecule has 8 nitrogen and oxygen atoms in total. The van der Waals surface area contributed by atoms with E-state index < -0.39 is 10.0 Å². The Morgan fingerprint density at radius 1 is 0.738 bits per heavy atom. The second-order valence-electron chi connectivity index (χ2n) is 10.1. The summed E-state index contributed by atoms with van der Waals surface area (Å²) in [6.45, 7) is 5.27. The second-order valence-corrected chi connectivity index (χ2v) is 11.8. The van der Waals surface area contributed by atoms with E-state index in [-0.39, 0.29) is 16.8 Å². The summed E-state index contributed by atoms with van der Waals surface area (Å²) in [5, 5.41) is 0. The topological polar surface area (TPSA) is 87.7 Å². The minimum Gasteiger partial charge on any atom is -0.494 e. The zero-order chi connectivity index (χ0) is 28.9. The number of hydrogen-bond donors (Lipinski definition) is 1. The van der Waals surface area contributed by atoms with E-state index in [9.17, 15) is 8.42 Å². The van der Waals surface area contributed by atoms with E-state index in [0.717, 1.165) is 13.1 Å². The molecule has 6 rings (SSSR count). The van der Waals surface area contributed by atoms with Gasteiger partial charge in [0.25, 0.3) is 10.0 Å². The Morgan fingerprint density at radius 2 is 1.29 bits per heavy atom. The Hall–Kier alpha value is -4.47. The predicted molar refractivity (Wildman–Crippen MR) is 166 cm³/mol. The van der Waals surface area contributed by atoms with Gasteiger partial charge in [-0.1, -0.05) is 72.8 Å². The molecule has 42 heavy (non-hydrogen) atoms. The fourth-order valence-electron chi connectivity index (χ4n) is 5.42. The molecular weight excluding hydrogens is 546 g/mol. The molecule has 4 aromatic carbocycles. The lowest BCUT2D eigenvalue weighted by Gasteiger charge is -2.40. The van der Waals surface area contributed by atoms with Crippen molar-refractivity contribution in [3.05, 3.63) is 120 Å². The number of piperazine rings is 1. The number of benzene rings is 4. The van der Waals surface area contributed by atoms with Gasteiger partial charge in [-0.05, 0) is 54.4 Å². The lowest BCUT2D eigenvalue weighted by atomic mass is 9.96. The Labute approximate surface area is 246 Å². The quantitative estimate of drug-likeness (QED) is 0.238. The second kappa shape index (κ2) is 12.2. The maximum atomic E-state index is 13.5. The van der Waals surface area contributed by atoms with Crippen LogP contribution in [0.15, 0.2) is 114 Å². The minimum absolute atomic E-state index is 0.120. The fraction of sp³-hybridized carbons (Fsp3) is 0.212. The van der Waals surface area contributed by atoms with Crippen molar-refractivity contribution in [1.82, 2.24) is 14.9 Å². The summed E-state index contributed by atoms with van der Waals surface area (Å²) in [4.78, 5) is 14.3. The summed E-state index contributed by atoms with van der Waals surface area (Å²) in [5.74, 6) is 1.36. The SMILES string of the molecule is CCOc1ccc(S(=O)(=O)Nc2nc3ccccc3nc2N2CCN(C(c3ccccc3)c3ccccc3)CC2)cc1. The molecule has 1 aliphatic heterocycles. The van der Waals surface area contributed by atoms with Crippen LogP contribution in [0.2, 0.25) is 0 Å². The van der Waals surface area contributed by atoms with Gasteiger partial charge in [-0.2, -0.15) is 0 Å². The van der Waals surface area contributed by atoms with Crippen LogP contribution in [0, 0.1) is 0 Å². The Bertz CT molecular complexity index is 1700. The van der Waals surface area contributed by atoms with Crippen molar-refractivity contribution in [2.45, 2.75) is 17.9 Å². The van der Waals surface area contributed by atoms with E-state index in [1.165, 1.54) is 23.3 Å². The van der Waals surface area contributed by atoms with Crippen molar-refractivity contribution < 1.29 is 13.2 Å². The van der Waals surface area contributed by atoms with Crippen molar-refractivity contribution in [1.29, 1.82) is 0 Å². The minimum atomic E-state index is -3.92. The number of hydrogen-bond acceptors (Lipinski definition) is 7. The predicted octanol–water partition coefficient (Wildman–Crippen LogP) is 5.74. The third kappa shape index (κ3) is 5.93. The third-order valence-corrected chi connectivity index (χ3v) is 8.79. The molecular formula is C33H33N5O3S. The lowest BCUT2D eigenvalue weighted by molar-refractivity contribution is 0.212. The number of ether oxygens (including phenoxy) is 1. The molecule has 5 aromatic rings. The molecule has 1 N–H and O–H groups in total. The summed E-state index contributed by atoms with van der Waals surface area (Å²) in [7, 11) is -3.92. The third-order valence-electron chi connectivity index (χ3n) is 7.44. The van der Waals surface area contributed by atoms with E-state index in [4.69, 9.17) is 14.7 Å². The highest BCUT2D eigenvalue weighted by Gasteiger charge is 2.29. The largest absolute Gasteiger partial charge is 0.494 e. The first-order chi connectivity index (χ1) is 20.5. The van der Waals surface area contributed by atoms with Crippen molar-refractivity contribution in [2.24, 2.45) is 0 Å². The van der Waals surface area contributed by atoms with Crippen LogP contribution in [0.4, 0.5) is 11.6 Å². The van der Waals surface area contributed by atoms with E-state index in [0.29, 0.717) is 42.3 Å². The molecule has 1 saturated heterocycles. The van der Waals surface area contributed by atoms with Crippen LogP contribution in [0.1, 0.15) is 24.1 Å². The molecule has 0 bridgehead atoms.